The van der Waals surface area contributed by atoms with Gasteiger partial charge in [0.2, 0.25) is 0 Å². The third-order valence-corrected chi connectivity index (χ3v) is 3.52. The van der Waals surface area contributed by atoms with Crippen molar-refractivity contribution in [2.24, 2.45) is 0 Å². The van der Waals surface area contributed by atoms with E-state index in [1.54, 1.807) is 12.1 Å². The summed E-state index contributed by atoms with van der Waals surface area (Å²) >= 11 is 0. The summed E-state index contributed by atoms with van der Waals surface area (Å²) in [7, 11) is 0. The zero-order valence-corrected chi connectivity index (χ0v) is 13.7. The lowest BCUT2D eigenvalue weighted by Crippen LogP contribution is -2.30. The molecular weight excluding hydrogens is 326 g/mol. The van der Waals surface area contributed by atoms with Crippen LogP contribution in [0.25, 0.3) is 0 Å². The Bertz CT molecular complexity index is 835. The topological polar surface area (TPSA) is 125 Å². The smallest absolute Gasteiger partial charge is 0.341 e. The van der Waals surface area contributed by atoms with E-state index in [0.717, 1.165) is 11.6 Å². The Morgan fingerprint density at radius 3 is 2.56 bits per heavy atom. The number of nitrogens with zero attached hydrogens (tertiary/aromatic N) is 1. The molecule has 0 bridgehead atoms. The van der Waals surface area contributed by atoms with Gasteiger partial charge in [0.15, 0.2) is 6.10 Å². The SMILES string of the molecule is Cc1ccccc1NC(=O)C(C)OC(=O)c1cc([N+](=O)[O-])ccc1N. The number of non-ortho nitro benzene ring substituents is 1. The Morgan fingerprint density at radius 2 is 1.92 bits per heavy atom. The van der Waals surface area contributed by atoms with Crippen molar-refractivity contribution >= 4 is 28.9 Å². The van der Waals surface area contributed by atoms with Crippen LogP contribution in [0.4, 0.5) is 17.1 Å². The molecule has 0 radical (unpaired) electrons. The number of esters is 1. The first-order valence-electron chi connectivity index (χ1n) is 7.41. The molecule has 8 heteroatoms. The highest BCUT2D eigenvalue weighted by atomic mass is 16.6. The van der Waals surface area contributed by atoms with E-state index in [4.69, 9.17) is 10.5 Å². The van der Waals surface area contributed by atoms with Gasteiger partial charge in [-0.2, -0.15) is 0 Å². The maximum Gasteiger partial charge on any atom is 0.341 e. The maximum atomic E-state index is 12.2. The predicted octanol–water partition coefficient (Wildman–Crippen LogP) is 2.67. The van der Waals surface area contributed by atoms with E-state index in [0.29, 0.717) is 5.69 Å². The number of carbonyl (C=O) groups is 2. The van der Waals surface area contributed by atoms with Gasteiger partial charge in [0.25, 0.3) is 11.6 Å². The summed E-state index contributed by atoms with van der Waals surface area (Å²) in [5.41, 5.74) is 6.70. The highest BCUT2D eigenvalue weighted by molar-refractivity contribution is 6.00. The van der Waals surface area contributed by atoms with E-state index in [1.165, 1.54) is 19.1 Å². The molecule has 1 unspecified atom stereocenters. The molecule has 1 atom stereocenters. The van der Waals surface area contributed by atoms with Gasteiger partial charge in [-0.1, -0.05) is 18.2 Å². The molecule has 0 aliphatic heterocycles. The summed E-state index contributed by atoms with van der Waals surface area (Å²) in [5.74, 6) is -1.43. The van der Waals surface area contributed by atoms with Crippen LogP contribution in [0.5, 0.6) is 0 Å². The zero-order valence-electron chi connectivity index (χ0n) is 13.7. The van der Waals surface area contributed by atoms with Crippen molar-refractivity contribution in [3.05, 3.63) is 63.7 Å². The number of anilines is 2. The van der Waals surface area contributed by atoms with Gasteiger partial charge in [0, 0.05) is 23.5 Å². The quantitative estimate of drug-likeness (QED) is 0.372. The lowest BCUT2D eigenvalue weighted by molar-refractivity contribution is -0.384. The van der Waals surface area contributed by atoms with Gasteiger partial charge in [-0.05, 0) is 31.5 Å². The van der Waals surface area contributed by atoms with Crippen molar-refractivity contribution in [3.63, 3.8) is 0 Å². The maximum absolute atomic E-state index is 12.2. The number of carbonyl (C=O) groups excluding carboxylic acids is 2. The van der Waals surface area contributed by atoms with Crippen molar-refractivity contribution in [2.45, 2.75) is 20.0 Å². The summed E-state index contributed by atoms with van der Waals surface area (Å²) in [5, 5.41) is 13.5. The second-order valence-corrected chi connectivity index (χ2v) is 5.38. The van der Waals surface area contributed by atoms with Crippen LogP contribution in [0.3, 0.4) is 0 Å². The summed E-state index contributed by atoms with van der Waals surface area (Å²) in [6.07, 6.45) is -1.11. The standard InChI is InChI=1S/C17H17N3O5/c1-10-5-3-4-6-15(10)19-16(21)11(2)25-17(22)13-9-12(20(23)24)7-8-14(13)18/h3-9,11H,18H2,1-2H3,(H,19,21). The van der Waals surface area contributed by atoms with Crippen molar-refractivity contribution in [1.82, 2.24) is 0 Å². The average molecular weight is 343 g/mol. The van der Waals surface area contributed by atoms with Gasteiger partial charge < -0.3 is 15.8 Å². The largest absolute Gasteiger partial charge is 0.449 e. The number of benzene rings is 2. The van der Waals surface area contributed by atoms with Gasteiger partial charge in [-0.25, -0.2) is 4.79 Å². The van der Waals surface area contributed by atoms with Crippen LogP contribution >= 0.6 is 0 Å². The minimum Gasteiger partial charge on any atom is -0.449 e. The number of amides is 1. The van der Waals surface area contributed by atoms with E-state index in [-0.39, 0.29) is 16.9 Å². The molecule has 8 nitrogen and oxygen atoms in total. The second kappa shape index (κ2) is 7.43. The second-order valence-electron chi connectivity index (χ2n) is 5.38. The van der Waals surface area contributed by atoms with Crippen LogP contribution < -0.4 is 11.1 Å². The fourth-order valence-corrected chi connectivity index (χ4v) is 2.06. The minimum absolute atomic E-state index is 0.0297. The highest BCUT2D eigenvalue weighted by Gasteiger charge is 2.22. The Balaban J connectivity index is 2.09. The normalized spacial score (nSPS) is 11.4. The molecule has 2 rings (SSSR count). The third-order valence-electron chi connectivity index (χ3n) is 3.52. The molecule has 0 fully saturated rings. The van der Waals surface area contributed by atoms with E-state index < -0.39 is 22.9 Å². The van der Waals surface area contributed by atoms with E-state index >= 15 is 0 Å². The van der Waals surface area contributed by atoms with Crippen LogP contribution in [0.15, 0.2) is 42.5 Å². The summed E-state index contributed by atoms with van der Waals surface area (Å²) < 4.78 is 5.07. The number of hydrogen-bond acceptors (Lipinski definition) is 6. The summed E-state index contributed by atoms with van der Waals surface area (Å²) in [6, 6.07) is 10.6. The van der Waals surface area contributed by atoms with Crippen LogP contribution in [0, 0.1) is 17.0 Å². The number of nitro benzene ring substituents is 1. The molecule has 2 aromatic rings. The van der Waals surface area contributed by atoms with Crippen molar-refractivity contribution < 1.29 is 19.2 Å². The molecule has 0 aliphatic carbocycles. The summed E-state index contributed by atoms with van der Waals surface area (Å²) in [6.45, 7) is 3.23. The molecule has 0 saturated heterocycles. The van der Waals surface area contributed by atoms with Gasteiger partial charge in [0.05, 0.1) is 10.5 Å². The molecule has 0 heterocycles. The predicted molar refractivity (Wildman–Crippen MR) is 92.2 cm³/mol. The van der Waals surface area contributed by atoms with Crippen LogP contribution in [0.1, 0.15) is 22.8 Å². The number of ether oxygens (including phenoxy) is 1. The van der Waals surface area contributed by atoms with Crippen LogP contribution in [-0.2, 0) is 9.53 Å². The minimum atomic E-state index is -1.11. The van der Waals surface area contributed by atoms with Gasteiger partial charge in [-0.15, -0.1) is 0 Å². The molecule has 0 spiro atoms. The van der Waals surface area contributed by atoms with Crippen LogP contribution in [-0.4, -0.2) is 22.9 Å². The number of para-hydroxylation sites is 1. The van der Waals surface area contributed by atoms with Gasteiger partial charge in [0.1, 0.15) is 0 Å². The van der Waals surface area contributed by atoms with Crippen molar-refractivity contribution in [2.75, 3.05) is 11.1 Å². The first-order valence-corrected chi connectivity index (χ1v) is 7.41. The Hall–Kier alpha value is -3.42. The third kappa shape index (κ3) is 4.31. The van der Waals surface area contributed by atoms with Crippen molar-refractivity contribution in [1.29, 1.82) is 0 Å². The number of nitrogens with one attached hydrogen (secondary N) is 1. The molecule has 3 N–H and O–H groups in total. The number of aryl methyl sites for hydroxylation is 1. The van der Waals surface area contributed by atoms with Gasteiger partial charge >= 0.3 is 5.97 Å². The fourth-order valence-electron chi connectivity index (χ4n) is 2.06. The Morgan fingerprint density at radius 1 is 1.24 bits per heavy atom. The van der Waals surface area contributed by atoms with Gasteiger partial charge in [-0.3, -0.25) is 14.9 Å². The van der Waals surface area contributed by atoms with E-state index in [1.807, 2.05) is 19.1 Å². The first kappa shape index (κ1) is 17.9. The first-order chi connectivity index (χ1) is 11.8. The zero-order chi connectivity index (χ0) is 18.6. The Kier molecular flexibility index (Phi) is 5.33. The number of rotatable bonds is 5. The van der Waals surface area contributed by atoms with E-state index in [2.05, 4.69) is 5.32 Å². The average Bonchev–Trinajstić information content (AvgIpc) is 2.56. The fraction of sp³-hybridized carbons (Fsp3) is 0.176. The molecule has 0 aromatic heterocycles. The molecule has 1 amide bonds. The molecule has 0 aliphatic rings. The number of nitrogens with two attached hydrogens (primary N) is 1. The Labute approximate surface area is 143 Å². The van der Waals surface area contributed by atoms with E-state index in [9.17, 15) is 19.7 Å². The molecule has 2 aromatic carbocycles. The molecular formula is C17H17N3O5. The monoisotopic (exact) mass is 343 g/mol. The number of nitro groups is 1. The number of hydrogen-bond donors (Lipinski definition) is 2. The lowest BCUT2D eigenvalue weighted by Gasteiger charge is -2.15. The molecule has 0 saturated carbocycles. The van der Waals surface area contributed by atoms with Crippen LogP contribution in [0.2, 0.25) is 0 Å². The number of nitrogen functional groups attached to an aromatic ring is 1. The molecule has 25 heavy (non-hydrogen) atoms. The van der Waals surface area contributed by atoms with Crippen molar-refractivity contribution in [3.8, 4) is 0 Å². The lowest BCUT2D eigenvalue weighted by atomic mass is 10.1. The molecule has 130 valence electrons. The highest BCUT2D eigenvalue weighted by Crippen LogP contribution is 2.21. The summed E-state index contributed by atoms with van der Waals surface area (Å²) in [4.78, 5) is 34.5.